The molecule has 2 heterocycles. The number of nitrogens with zero attached hydrogens (tertiary/aromatic N) is 1. The molecule has 2 aromatic rings. The normalized spacial score (nSPS) is 10.8. The van der Waals surface area contributed by atoms with E-state index in [2.05, 4.69) is 29.0 Å². The van der Waals surface area contributed by atoms with Crippen LogP contribution in [0.15, 0.2) is 24.4 Å². The van der Waals surface area contributed by atoms with E-state index in [1.807, 2.05) is 12.3 Å². The molecule has 0 saturated carbocycles. The van der Waals surface area contributed by atoms with Gasteiger partial charge in [0.15, 0.2) is 0 Å². The molecule has 2 rings (SSSR count). The number of rotatable bonds is 3. The van der Waals surface area contributed by atoms with Gasteiger partial charge in [0.05, 0.1) is 11.0 Å². The molecule has 68 valence electrons. The smallest absolute Gasteiger partial charge is 0.0881 e. The molecular formula is C11H14N2. The maximum Gasteiger partial charge on any atom is 0.0881 e. The summed E-state index contributed by atoms with van der Waals surface area (Å²) < 4.78 is 0. The fourth-order valence-corrected chi connectivity index (χ4v) is 1.51. The van der Waals surface area contributed by atoms with E-state index < -0.39 is 0 Å². The van der Waals surface area contributed by atoms with Crippen molar-refractivity contribution in [3.8, 4) is 0 Å². The van der Waals surface area contributed by atoms with Crippen molar-refractivity contribution >= 4 is 11.0 Å². The predicted octanol–water partition coefficient (Wildman–Crippen LogP) is 2.91. The van der Waals surface area contributed by atoms with Gasteiger partial charge in [-0.1, -0.05) is 13.3 Å². The van der Waals surface area contributed by atoms with E-state index in [-0.39, 0.29) is 0 Å². The van der Waals surface area contributed by atoms with Gasteiger partial charge in [-0.2, -0.15) is 0 Å². The van der Waals surface area contributed by atoms with Gasteiger partial charge in [0, 0.05) is 11.9 Å². The summed E-state index contributed by atoms with van der Waals surface area (Å²) in [5.41, 5.74) is 3.53. The Balaban J connectivity index is 2.28. The number of unbranched alkanes of at least 4 members (excludes halogenated alkanes) is 1. The van der Waals surface area contributed by atoms with Gasteiger partial charge in [-0.15, -0.1) is 0 Å². The Morgan fingerprint density at radius 3 is 3.15 bits per heavy atom. The Morgan fingerprint density at radius 1 is 1.46 bits per heavy atom. The van der Waals surface area contributed by atoms with Crippen LogP contribution in [-0.4, -0.2) is 9.97 Å². The summed E-state index contributed by atoms with van der Waals surface area (Å²) in [4.78, 5) is 7.65. The molecule has 0 aromatic carbocycles. The van der Waals surface area contributed by atoms with E-state index in [0.717, 1.165) is 17.5 Å². The molecule has 2 aromatic heterocycles. The van der Waals surface area contributed by atoms with Gasteiger partial charge < -0.3 is 4.98 Å². The summed E-state index contributed by atoms with van der Waals surface area (Å²) in [5.74, 6) is 0. The molecule has 2 heteroatoms. The Labute approximate surface area is 78.0 Å². The molecule has 0 spiro atoms. The lowest BCUT2D eigenvalue weighted by Crippen LogP contribution is -1.82. The van der Waals surface area contributed by atoms with Crippen molar-refractivity contribution in [3.63, 3.8) is 0 Å². The summed E-state index contributed by atoms with van der Waals surface area (Å²) in [6.45, 7) is 2.21. The molecule has 13 heavy (non-hydrogen) atoms. The molecule has 0 aliphatic carbocycles. The quantitative estimate of drug-likeness (QED) is 0.761. The van der Waals surface area contributed by atoms with Crippen LogP contribution in [0, 0.1) is 0 Å². The van der Waals surface area contributed by atoms with Gasteiger partial charge in [0.2, 0.25) is 0 Å². The lowest BCUT2D eigenvalue weighted by atomic mass is 10.2. The summed E-state index contributed by atoms with van der Waals surface area (Å²) in [6.07, 6.45) is 5.45. The third kappa shape index (κ3) is 1.72. The van der Waals surface area contributed by atoms with E-state index in [4.69, 9.17) is 0 Å². The van der Waals surface area contributed by atoms with Gasteiger partial charge in [0.1, 0.15) is 0 Å². The number of fused-ring (bicyclic) bond motifs is 1. The number of pyridine rings is 1. The molecule has 0 atom stereocenters. The minimum Gasteiger partial charge on any atom is -0.357 e. The van der Waals surface area contributed by atoms with Crippen LogP contribution in [0.2, 0.25) is 0 Å². The largest absolute Gasteiger partial charge is 0.357 e. The minimum absolute atomic E-state index is 1.08. The summed E-state index contributed by atoms with van der Waals surface area (Å²) >= 11 is 0. The monoisotopic (exact) mass is 174 g/mol. The predicted molar refractivity (Wildman–Crippen MR) is 54.7 cm³/mol. The first-order chi connectivity index (χ1) is 6.40. The van der Waals surface area contributed by atoms with Crippen LogP contribution in [0.5, 0.6) is 0 Å². The average molecular weight is 174 g/mol. The second kappa shape index (κ2) is 3.60. The summed E-state index contributed by atoms with van der Waals surface area (Å²) in [5, 5.41) is 0. The Bertz CT molecular complexity index is 357. The van der Waals surface area contributed by atoms with Crippen LogP contribution in [-0.2, 0) is 6.42 Å². The SMILES string of the molecule is CCCCc1cc2ncccc2[nH]1. The second-order valence-electron chi connectivity index (χ2n) is 3.33. The third-order valence-electron chi connectivity index (χ3n) is 2.24. The van der Waals surface area contributed by atoms with E-state index in [0.29, 0.717) is 0 Å². The van der Waals surface area contributed by atoms with E-state index in [9.17, 15) is 0 Å². The molecule has 0 unspecified atom stereocenters. The molecule has 0 fully saturated rings. The topological polar surface area (TPSA) is 28.7 Å². The van der Waals surface area contributed by atoms with Crippen molar-refractivity contribution in [3.05, 3.63) is 30.1 Å². The number of hydrogen-bond donors (Lipinski definition) is 1. The third-order valence-corrected chi connectivity index (χ3v) is 2.24. The van der Waals surface area contributed by atoms with Gasteiger partial charge in [-0.25, -0.2) is 0 Å². The number of aromatic amines is 1. The van der Waals surface area contributed by atoms with E-state index in [1.165, 1.54) is 18.5 Å². The molecule has 0 aliphatic heterocycles. The highest BCUT2D eigenvalue weighted by atomic mass is 14.8. The molecule has 2 nitrogen and oxygen atoms in total. The molecule has 0 bridgehead atoms. The molecule has 0 saturated heterocycles. The average Bonchev–Trinajstić information content (AvgIpc) is 2.57. The number of aryl methyl sites for hydroxylation is 1. The Kier molecular flexibility index (Phi) is 2.30. The van der Waals surface area contributed by atoms with Crippen molar-refractivity contribution in [1.82, 2.24) is 9.97 Å². The highest BCUT2D eigenvalue weighted by molar-refractivity contribution is 5.75. The van der Waals surface area contributed by atoms with Gasteiger partial charge in [-0.3, -0.25) is 4.98 Å². The molecule has 0 amide bonds. The van der Waals surface area contributed by atoms with Crippen LogP contribution >= 0.6 is 0 Å². The van der Waals surface area contributed by atoms with Gasteiger partial charge in [-0.05, 0) is 31.0 Å². The maximum atomic E-state index is 4.28. The number of H-pyrrole nitrogens is 1. The number of aromatic nitrogens is 2. The van der Waals surface area contributed by atoms with Crippen LogP contribution in [0.25, 0.3) is 11.0 Å². The lowest BCUT2D eigenvalue weighted by molar-refractivity contribution is 0.782. The zero-order valence-corrected chi connectivity index (χ0v) is 7.88. The van der Waals surface area contributed by atoms with Crippen LogP contribution in [0.4, 0.5) is 0 Å². The zero-order chi connectivity index (χ0) is 9.10. The van der Waals surface area contributed by atoms with E-state index >= 15 is 0 Å². The number of nitrogens with one attached hydrogen (secondary N) is 1. The van der Waals surface area contributed by atoms with Crippen molar-refractivity contribution in [1.29, 1.82) is 0 Å². The summed E-state index contributed by atoms with van der Waals surface area (Å²) in [6, 6.07) is 6.17. The fourth-order valence-electron chi connectivity index (χ4n) is 1.51. The maximum absolute atomic E-state index is 4.28. The Hall–Kier alpha value is -1.31. The first-order valence-corrected chi connectivity index (χ1v) is 4.83. The molecule has 0 aliphatic rings. The minimum atomic E-state index is 1.08. The van der Waals surface area contributed by atoms with Crippen LogP contribution < -0.4 is 0 Å². The van der Waals surface area contributed by atoms with Gasteiger partial charge in [0.25, 0.3) is 0 Å². The molecule has 1 N–H and O–H groups in total. The van der Waals surface area contributed by atoms with Crippen molar-refractivity contribution in [2.24, 2.45) is 0 Å². The van der Waals surface area contributed by atoms with Crippen molar-refractivity contribution in [2.45, 2.75) is 26.2 Å². The first kappa shape index (κ1) is 8.30. The second-order valence-corrected chi connectivity index (χ2v) is 3.33. The van der Waals surface area contributed by atoms with E-state index in [1.54, 1.807) is 0 Å². The Morgan fingerprint density at radius 2 is 2.38 bits per heavy atom. The highest BCUT2D eigenvalue weighted by Gasteiger charge is 1.99. The van der Waals surface area contributed by atoms with Crippen molar-refractivity contribution in [2.75, 3.05) is 0 Å². The standard InChI is InChI=1S/C11H14N2/c1-2-3-5-9-8-11-10(13-9)6-4-7-12-11/h4,6-8,13H,2-3,5H2,1H3. The lowest BCUT2D eigenvalue weighted by Gasteiger charge is -1.92. The van der Waals surface area contributed by atoms with Crippen LogP contribution in [0.1, 0.15) is 25.5 Å². The first-order valence-electron chi connectivity index (χ1n) is 4.83. The highest BCUT2D eigenvalue weighted by Crippen LogP contribution is 2.13. The zero-order valence-electron chi connectivity index (χ0n) is 7.88. The fraction of sp³-hybridized carbons (Fsp3) is 0.364. The summed E-state index contributed by atoms with van der Waals surface area (Å²) in [7, 11) is 0. The molecular weight excluding hydrogens is 160 g/mol. The van der Waals surface area contributed by atoms with Crippen LogP contribution in [0.3, 0.4) is 0 Å². The molecule has 0 radical (unpaired) electrons. The number of hydrogen-bond acceptors (Lipinski definition) is 1. The van der Waals surface area contributed by atoms with Gasteiger partial charge >= 0.3 is 0 Å². The van der Waals surface area contributed by atoms with Crippen molar-refractivity contribution < 1.29 is 0 Å².